The maximum atomic E-state index is 12.9. The van der Waals surface area contributed by atoms with E-state index in [4.69, 9.17) is 10.5 Å². The monoisotopic (exact) mass is 353 g/mol. The van der Waals surface area contributed by atoms with Crippen molar-refractivity contribution in [1.82, 2.24) is 9.13 Å². The van der Waals surface area contributed by atoms with Crippen molar-refractivity contribution in [1.29, 1.82) is 0 Å². The van der Waals surface area contributed by atoms with E-state index in [1.807, 2.05) is 0 Å². The number of nitrogens with zero attached hydrogens (tertiary/aromatic N) is 2. The summed E-state index contributed by atoms with van der Waals surface area (Å²) in [7, 11) is 0. The first-order valence-electron chi connectivity index (χ1n) is 8.23. The molecule has 7 heteroatoms. The topological polar surface area (TPSA) is 96.3 Å². The lowest BCUT2D eigenvalue weighted by molar-refractivity contribution is -0.143. The summed E-state index contributed by atoms with van der Waals surface area (Å²) in [6.07, 6.45) is 0. The van der Waals surface area contributed by atoms with Crippen molar-refractivity contribution in [2.24, 2.45) is 0 Å². The van der Waals surface area contributed by atoms with Crippen LogP contribution in [0.15, 0.2) is 58.1 Å². The lowest BCUT2D eigenvalue weighted by Gasteiger charge is -2.14. The number of ether oxygens (including phenoxy) is 1. The smallest absolute Gasteiger partial charge is 0.332 e. The number of anilines is 1. The fourth-order valence-corrected chi connectivity index (χ4v) is 2.87. The van der Waals surface area contributed by atoms with E-state index < -0.39 is 17.2 Å². The Morgan fingerprint density at radius 1 is 1.08 bits per heavy atom. The second kappa shape index (κ2) is 7.26. The van der Waals surface area contributed by atoms with Crippen molar-refractivity contribution < 1.29 is 9.53 Å². The average Bonchev–Trinajstić information content (AvgIpc) is 2.62. The van der Waals surface area contributed by atoms with Crippen LogP contribution in [-0.4, -0.2) is 21.7 Å². The van der Waals surface area contributed by atoms with Gasteiger partial charge in [-0.1, -0.05) is 24.3 Å². The van der Waals surface area contributed by atoms with E-state index in [-0.39, 0.29) is 19.7 Å². The van der Waals surface area contributed by atoms with Crippen LogP contribution in [0.4, 0.5) is 5.69 Å². The number of benzene rings is 2. The largest absolute Gasteiger partial charge is 0.465 e. The van der Waals surface area contributed by atoms with Crippen LogP contribution in [0.2, 0.25) is 0 Å². The van der Waals surface area contributed by atoms with E-state index >= 15 is 0 Å². The van der Waals surface area contributed by atoms with Crippen LogP contribution < -0.4 is 17.0 Å². The summed E-state index contributed by atoms with van der Waals surface area (Å²) in [5.74, 6) is -0.533. The molecule has 2 N–H and O–H groups in total. The lowest BCUT2D eigenvalue weighted by atomic mass is 10.2. The maximum Gasteiger partial charge on any atom is 0.332 e. The van der Waals surface area contributed by atoms with Crippen LogP contribution in [-0.2, 0) is 22.6 Å². The number of esters is 1. The summed E-state index contributed by atoms with van der Waals surface area (Å²) in [5.41, 5.74) is 6.47. The number of aromatic nitrogens is 2. The van der Waals surface area contributed by atoms with Gasteiger partial charge in [-0.3, -0.25) is 18.7 Å². The maximum absolute atomic E-state index is 12.9. The van der Waals surface area contributed by atoms with Gasteiger partial charge in [0.15, 0.2) is 0 Å². The highest BCUT2D eigenvalue weighted by Gasteiger charge is 2.16. The highest BCUT2D eigenvalue weighted by Crippen LogP contribution is 2.10. The Hall–Kier alpha value is -3.35. The van der Waals surface area contributed by atoms with Crippen molar-refractivity contribution in [2.45, 2.75) is 20.0 Å². The molecular weight excluding hydrogens is 334 g/mol. The number of nitrogens with two attached hydrogens (primary N) is 1. The molecule has 134 valence electrons. The van der Waals surface area contributed by atoms with Crippen LogP contribution >= 0.6 is 0 Å². The first-order chi connectivity index (χ1) is 12.5. The number of rotatable bonds is 5. The molecule has 3 aromatic rings. The van der Waals surface area contributed by atoms with Gasteiger partial charge in [0.25, 0.3) is 5.56 Å². The molecule has 0 amide bonds. The minimum absolute atomic E-state index is 0.0658. The molecule has 0 fully saturated rings. The number of hydrogen-bond donors (Lipinski definition) is 1. The zero-order valence-electron chi connectivity index (χ0n) is 14.3. The third kappa shape index (κ3) is 3.37. The third-order valence-corrected chi connectivity index (χ3v) is 4.02. The number of hydrogen-bond acceptors (Lipinski definition) is 5. The number of carbonyl (C=O) groups is 1. The van der Waals surface area contributed by atoms with Gasteiger partial charge in [0.2, 0.25) is 0 Å². The van der Waals surface area contributed by atoms with E-state index in [9.17, 15) is 14.4 Å². The predicted molar refractivity (Wildman–Crippen MR) is 99.1 cm³/mol. The molecule has 0 spiro atoms. The molecule has 0 unspecified atom stereocenters. The van der Waals surface area contributed by atoms with Crippen LogP contribution in [0.5, 0.6) is 0 Å². The minimum atomic E-state index is -0.566. The third-order valence-electron chi connectivity index (χ3n) is 4.02. The second-order valence-electron chi connectivity index (χ2n) is 5.83. The molecule has 3 rings (SSSR count). The standard InChI is InChI=1S/C19H19N3O4/c1-2-26-17(23)12-21-16-9-4-3-8-15(16)18(24)22(19(21)25)11-13-6-5-7-14(20)10-13/h3-10H,2,11-12,20H2,1H3. The highest BCUT2D eigenvalue weighted by molar-refractivity contribution is 5.80. The van der Waals surface area contributed by atoms with Gasteiger partial charge in [-0.05, 0) is 36.8 Å². The normalized spacial score (nSPS) is 10.8. The lowest BCUT2D eigenvalue weighted by Crippen LogP contribution is -2.41. The van der Waals surface area contributed by atoms with Gasteiger partial charge in [-0.2, -0.15) is 0 Å². The summed E-state index contributed by atoms with van der Waals surface area (Å²) in [6, 6.07) is 13.7. The quantitative estimate of drug-likeness (QED) is 0.552. The summed E-state index contributed by atoms with van der Waals surface area (Å²) in [5, 5.41) is 0.361. The Morgan fingerprint density at radius 3 is 2.58 bits per heavy atom. The van der Waals surface area contributed by atoms with E-state index in [1.165, 1.54) is 4.57 Å². The Kier molecular flexibility index (Phi) is 4.88. The number of fused-ring (bicyclic) bond motifs is 1. The first-order valence-corrected chi connectivity index (χ1v) is 8.23. The molecule has 0 saturated carbocycles. The molecule has 0 saturated heterocycles. The summed E-state index contributed by atoms with van der Waals surface area (Å²) < 4.78 is 7.32. The number of para-hydroxylation sites is 1. The van der Waals surface area contributed by atoms with Gasteiger partial charge in [-0.25, -0.2) is 4.79 Å². The van der Waals surface area contributed by atoms with E-state index in [1.54, 1.807) is 55.5 Å². The zero-order chi connectivity index (χ0) is 18.7. The molecular formula is C19H19N3O4. The first kappa shape index (κ1) is 17.5. The van der Waals surface area contributed by atoms with Crippen molar-refractivity contribution in [3.05, 3.63) is 74.9 Å². The van der Waals surface area contributed by atoms with Crippen molar-refractivity contribution in [2.75, 3.05) is 12.3 Å². The van der Waals surface area contributed by atoms with Gasteiger partial charge < -0.3 is 10.5 Å². The van der Waals surface area contributed by atoms with E-state index in [2.05, 4.69) is 0 Å². The van der Waals surface area contributed by atoms with Crippen LogP contribution in [0, 0.1) is 0 Å². The van der Waals surface area contributed by atoms with Crippen LogP contribution in [0.3, 0.4) is 0 Å². The Morgan fingerprint density at radius 2 is 1.85 bits per heavy atom. The van der Waals surface area contributed by atoms with Gasteiger partial charge in [-0.15, -0.1) is 0 Å². The Balaban J connectivity index is 2.18. The van der Waals surface area contributed by atoms with Crippen LogP contribution in [0.1, 0.15) is 12.5 Å². The Labute approximate surface area is 149 Å². The molecule has 1 aromatic heterocycles. The van der Waals surface area contributed by atoms with Gasteiger partial charge >= 0.3 is 11.7 Å². The highest BCUT2D eigenvalue weighted by atomic mass is 16.5. The van der Waals surface area contributed by atoms with Gasteiger partial charge in [0.1, 0.15) is 6.54 Å². The second-order valence-corrected chi connectivity index (χ2v) is 5.83. The molecule has 0 bridgehead atoms. The van der Waals surface area contributed by atoms with E-state index in [0.29, 0.717) is 16.6 Å². The molecule has 0 aliphatic heterocycles. The Bertz CT molecular complexity index is 1080. The molecule has 0 radical (unpaired) electrons. The SMILES string of the molecule is CCOC(=O)Cn1c(=O)n(Cc2cccc(N)c2)c(=O)c2ccccc21. The minimum Gasteiger partial charge on any atom is -0.465 e. The van der Waals surface area contributed by atoms with Gasteiger partial charge in [0.05, 0.1) is 24.1 Å². The molecule has 7 nitrogen and oxygen atoms in total. The molecule has 1 heterocycles. The fraction of sp³-hybridized carbons (Fsp3) is 0.211. The predicted octanol–water partition coefficient (Wildman–Crippen LogP) is 1.36. The summed E-state index contributed by atoms with van der Waals surface area (Å²) in [6.45, 7) is 1.72. The number of carbonyl (C=O) groups excluding carboxylic acids is 1. The van der Waals surface area contributed by atoms with E-state index in [0.717, 1.165) is 10.1 Å². The molecule has 0 aliphatic rings. The molecule has 2 aromatic carbocycles. The molecule has 0 aliphatic carbocycles. The summed E-state index contributed by atoms with van der Waals surface area (Å²) in [4.78, 5) is 37.6. The van der Waals surface area contributed by atoms with Crippen molar-refractivity contribution in [3.63, 3.8) is 0 Å². The number of nitrogen functional groups attached to an aromatic ring is 1. The molecule has 26 heavy (non-hydrogen) atoms. The van der Waals surface area contributed by atoms with Gasteiger partial charge in [0, 0.05) is 5.69 Å². The summed E-state index contributed by atoms with van der Waals surface area (Å²) >= 11 is 0. The van der Waals surface area contributed by atoms with Crippen molar-refractivity contribution >= 4 is 22.6 Å². The molecule has 0 atom stereocenters. The average molecular weight is 353 g/mol. The fourth-order valence-electron chi connectivity index (χ4n) is 2.87. The van der Waals surface area contributed by atoms with Crippen molar-refractivity contribution in [3.8, 4) is 0 Å². The van der Waals surface area contributed by atoms with Crippen LogP contribution in [0.25, 0.3) is 10.9 Å². The zero-order valence-corrected chi connectivity index (χ0v) is 14.3.